The molecule has 158 valence electrons. The average Bonchev–Trinajstić information content (AvgIpc) is 2.66. The van der Waals surface area contributed by atoms with E-state index in [0.717, 1.165) is 11.6 Å². The molecule has 0 heterocycles. The van der Waals surface area contributed by atoms with Crippen LogP contribution in [0.25, 0.3) is 0 Å². The molecule has 7 heteroatoms. The van der Waals surface area contributed by atoms with E-state index in [1.807, 2.05) is 44.2 Å². The molecule has 1 unspecified atom stereocenters. The molecule has 0 aliphatic rings. The van der Waals surface area contributed by atoms with Gasteiger partial charge in [0.15, 0.2) is 0 Å². The summed E-state index contributed by atoms with van der Waals surface area (Å²) >= 11 is 0. The van der Waals surface area contributed by atoms with Gasteiger partial charge in [-0.25, -0.2) is 8.78 Å². The molecule has 0 aromatic heterocycles. The SMILES string of the molecule is CC(C)CNC(=O)C(NC[C@@H](O)[C@@H](N)Cc1cc(F)cc(F)c1)c1ccccc1. The minimum atomic E-state index is -1.01. The van der Waals surface area contributed by atoms with Crippen LogP contribution in [0, 0.1) is 17.6 Å². The lowest BCUT2D eigenvalue weighted by Crippen LogP contribution is -2.47. The monoisotopic (exact) mass is 405 g/mol. The van der Waals surface area contributed by atoms with Gasteiger partial charge in [0.05, 0.1) is 6.10 Å². The second-order valence-electron chi connectivity index (χ2n) is 7.60. The molecule has 0 bridgehead atoms. The van der Waals surface area contributed by atoms with Gasteiger partial charge in [-0.15, -0.1) is 0 Å². The van der Waals surface area contributed by atoms with Gasteiger partial charge in [-0.3, -0.25) is 10.1 Å². The number of carbonyl (C=O) groups excluding carboxylic acids is 1. The molecule has 0 spiro atoms. The van der Waals surface area contributed by atoms with Crippen molar-refractivity contribution in [1.29, 1.82) is 0 Å². The minimum Gasteiger partial charge on any atom is -0.390 e. The topological polar surface area (TPSA) is 87.4 Å². The summed E-state index contributed by atoms with van der Waals surface area (Å²) in [6.07, 6.45) is -0.905. The molecule has 2 aromatic rings. The number of nitrogens with one attached hydrogen (secondary N) is 2. The number of hydrogen-bond acceptors (Lipinski definition) is 4. The van der Waals surface area contributed by atoms with Crippen LogP contribution in [-0.4, -0.2) is 36.2 Å². The van der Waals surface area contributed by atoms with Crippen molar-refractivity contribution in [3.05, 3.63) is 71.3 Å². The van der Waals surface area contributed by atoms with E-state index in [0.29, 0.717) is 18.0 Å². The molecule has 0 aliphatic carbocycles. The number of aliphatic hydroxyl groups is 1. The average molecular weight is 405 g/mol. The highest BCUT2D eigenvalue weighted by atomic mass is 19.1. The zero-order valence-electron chi connectivity index (χ0n) is 16.7. The van der Waals surface area contributed by atoms with E-state index in [2.05, 4.69) is 10.6 Å². The Bertz CT molecular complexity index is 767. The van der Waals surface area contributed by atoms with Crippen molar-refractivity contribution in [2.24, 2.45) is 11.7 Å². The van der Waals surface area contributed by atoms with Gasteiger partial charge >= 0.3 is 0 Å². The molecule has 2 rings (SSSR count). The molecule has 5 N–H and O–H groups in total. The highest BCUT2D eigenvalue weighted by Crippen LogP contribution is 2.14. The summed E-state index contributed by atoms with van der Waals surface area (Å²) in [6.45, 7) is 4.59. The van der Waals surface area contributed by atoms with Gasteiger partial charge in [0.2, 0.25) is 5.91 Å². The first-order valence-corrected chi connectivity index (χ1v) is 9.71. The fraction of sp³-hybridized carbons (Fsp3) is 0.409. The smallest absolute Gasteiger partial charge is 0.241 e. The number of rotatable bonds is 10. The van der Waals surface area contributed by atoms with Gasteiger partial charge in [0.1, 0.15) is 17.7 Å². The lowest BCUT2D eigenvalue weighted by atomic mass is 10.0. The molecule has 0 aliphatic heterocycles. The maximum Gasteiger partial charge on any atom is 0.241 e. The molecule has 1 amide bonds. The second-order valence-corrected chi connectivity index (χ2v) is 7.60. The third-order valence-corrected chi connectivity index (χ3v) is 4.50. The molecule has 0 saturated heterocycles. The van der Waals surface area contributed by atoms with Crippen molar-refractivity contribution in [3.63, 3.8) is 0 Å². The Morgan fingerprint density at radius 3 is 2.28 bits per heavy atom. The van der Waals surface area contributed by atoms with Gasteiger partial charge in [0.25, 0.3) is 0 Å². The molecule has 0 radical (unpaired) electrons. The molecular weight excluding hydrogens is 376 g/mol. The molecule has 0 saturated carbocycles. The van der Waals surface area contributed by atoms with Gasteiger partial charge in [-0.1, -0.05) is 44.2 Å². The maximum atomic E-state index is 13.3. The van der Waals surface area contributed by atoms with Crippen molar-refractivity contribution in [3.8, 4) is 0 Å². The van der Waals surface area contributed by atoms with Crippen LogP contribution in [0.5, 0.6) is 0 Å². The van der Waals surface area contributed by atoms with E-state index in [1.54, 1.807) is 0 Å². The molecule has 3 atom stereocenters. The Morgan fingerprint density at radius 2 is 1.69 bits per heavy atom. The fourth-order valence-electron chi connectivity index (χ4n) is 2.94. The normalized spacial score (nSPS) is 14.4. The quantitative estimate of drug-likeness (QED) is 0.489. The Balaban J connectivity index is 2.00. The van der Waals surface area contributed by atoms with E-state index >= 15 is 0 Å². The van der Waals surface area contributed by atoms with Crippen molar-refractivity contribution in [2.75, 3.05) is 13.1 Å². The third-order valence-electron chi connectivity index (χ3n) is 4.50. The first-order chi connectivity index (χ1) is 13.8. The van der Waals surface area contributed by atoms with E-state index < -0.39 is 29.8 Å². The van der Waals surface area contributed by atoms with Crippen LogP contribution in [0.15, 0.2) is 48.5 Å². The Morgan fingerprint density at radius 1 is 1.07 bits per heavy atom. The van der Waals surface area contributed by atoms with Crippen molar-refractivity contribution in [1.82, 2.24) is 10.6 Å². The second kappa shape index (κ2) is 11.0. The summed E-state index contributed by atoms with van der Waals surface area (Å²) < 4.78 is 26.7. The zero-order chi connectivity index (χ0) is 21.4. The summed E-state index contributed by atoms with van der Waals surface area (Å²) in [5.74, 6) is -1.27. The van der Waals surface area contributed by atoms with Crippen LogP contribution >= 0.6 is 0 Å². The maximum absolute atomic E-state index is 13.3. The predicted molar refractivity (Wildman–Crippen MR) is 109 cm³/mol. The predicted octanol–water partition coefficient (Wildman–Crippen LogP) is 2.30. The number of aliphatic hydroxyl groups excluding tert-OH is 1. The third kappa shape index (κ3) is 7.53. The van der Waals surface area contributed by atoms with Crippen LogP contribution < -0.4 is 16.4 Å². The molecule has 0 fully saturated rings. The summed E-state index contributed by atoms with van der Waals surface area (Å²) in [7, 11) is 0. The standard InChI is InChI=1S/C22H29F2N3O2/c1-14(2)12-27-22(29)21(16-6-4-3-5-7-16)26-13-20(28)19(25)10-15-8-17(23)11-18(24)9-15/h3-9,11,14,19-21,26,28H,10,12-13,25H2,1-2H3,(H,27,29)/t19-,20+,21?/m0/s1. The number of halogens is 2. The Hall–Kier alpha value is -2.35. The highest BCUT2D eigenvalue weighted by Gasteiger charge is 2.23. The van der Waals surface area contributed by atoms with Crippen LogP contribution in [0.1, 0.15) is 31.0 Å². The van der Waals surface area contributed by atoms with Crippen molar-refractivity contribution in [2.45, 2.75) is 38.5 Å². The largest absolute Gasteiger partial charge is 0.390 e. The van der Waals surface area contributed by atoms with Gasteiger partial charge < -0.3 is 16.2 Å². The number of amides is 1. The van der Waals surface area contributed by atoms with Crippen LogP contribution in [0.4, 0.5) is 8.78 Å². The molecule has 2 aromatic carbocycles. The highest BCUT2D eigenvalue weighted by molar-refractivity contribution is 5.83. The van der Waals surface area contributed by atoms with Gasteiger partial charge in [-0.05, 0) is 35.6 Å². The van der Waals surface area contributed by atoms with E-state index in [9.17, 15) is 18.7 Å². The van der Waals surface area contributed by atoms with Crippen LogP contribution in [0.2, 0.25) is 0 Å². The van der Waals surface area contributed by atoms with E-state index in [4.69, 9.17) is 5.73 Å². The summed E-state index contributed by atoms with van der Waals surface area (Å²) in [5.41, 5.74) is 7.14. The van der Waals surface area contributed by atoms with Crippen LogP contribution in [-0.2, 0) is 11.2 Å². The molecule has 29 heavy (non-hydrogen) atoms. The Kier molecular flexibility index (Phi) is 8.70. The van der Waals surface area contributed by atoms with Crippen LogP contribution in [0.3, 0.4) is 0 Å². The number of benzene rings is 2. The first-order valence-electron chi connectivity index (χ1n) is 9.71. The Labute approximate surface area is 170 Å². The van der Waals surface area contributed by atoms with Crippen molar-refractivity contribution < 1.29 is 18.7 Å². The minimum absolute atomic E-state index is 0.0492. The van der Waals surface area contributed by atoms with Gasteiger partial charge in [0, 0.05) is 25.2 Å². The zero-order valence-corrected chi connectivity index (χ0v) is 16.7. The molecular formula is C22H29F2N3O2. The molecule has 5 nitrogen and oxygen atoms in total. The number of hydrogen-bond donors (Lipinski definition) is 4. The number of carbonyl (C=O) groups is 1. The fourth-order valence-corrected chi connectivity index (χ4v) is 2.94. The lowest BCUT2D eigenvalue weighted by molar-refractivity contribution is -0.123. The van der Waals surface area contributed by atoms with E-state index in [1.165, 1.54) is 12.1 Å². The summed E-state index contributed by atoms with van der Waals surface area (Å²) in [6, 6.07) is 10.9. The van der Waals surface area contributed by atoms with Gasteiger partial charge in [-0.2, -0.15) is 0 Å². The summed E-state index contributed by atoms with van der Waals surface area (Å²) in [4.78, 5) is 12.6. The summed E-state index contributed by atoms with van der Waals surface area (Å²) in [5, 5.41) is 16.4. The lowest BCUT2D eigenvalue weighted by Gasteiger charge is -2.24. The van der Waals surface area contributed by atoms with Crippen molar-refractivity contribution >= 4 is 5.91 Å². The first kappa shape index (κ1) is 22.9. The van der Waals surface area contributed by atoms with E-state index in [-0.39, 0.29) is 18.9 Å². The number of nitrogens with two attached hydrogens (primary N) is 1.